The van der Waals surface area contributed by atoms with Crippen LogP contribution in [0.25, 0.3) is 0 Å². The number of ether oxygens (including phenoxy) is 1. The van der Waals surface area contributed by atoms with Crippen molar-refractivity contribution >= 4 is 99.7 Å². The van der Waals surface area contributed by atoms with Crippen LogP contribution in [-0.4, -0.2) is 106 Å². The third-order valence-corrected chi connectivity index (χ3v) is 125. The van der Waals surface area contributed by atoms with Crippen molar-refractivity contribution in [1.29, 1.82) is 0 Å². The van der Waals surface area contributed by atoms with E-state index in [2.05, 4.69) is 262 Å². The maximum Gasteiger partial charge on any atom is 1.00 e. The van der Waals surface area contributed by atoms with Gasteiger partial charge < -0.3 is 20.4 Å². The molecule has 0 bridgehead atoms. The molecule has 1 fully saturated rings. The number of hydrogen-bond donors (Lipinski definition) is 0. The molecule has 0 spiro atoms. The molecule has 1 unspecified atom stereocenters. The van der Waals surface area contributed by atoms with Crippen molar-refractivity contribution in [3.8, 4) is 0 Å². The van der Waals surface area contributed by atoms with E-state index < -0.39 is 75.1 Å². The van der Waals surface area contributed by atoms with Crippen LogP contribution in [0, 0.1) is 6.92 Å². The van der Waals surface area contributed by atoms with Crippen LogP contribution in [0.2, 0.25) is 124 Å². The molecule has 0 aromatic heterocycles. The van der Waals surface area contributed by atoms with Crippen LogP contribution in [0.4, 0.5) is 13.2 Å². The molecule has 1 aliphatic heterocycles. The van der Waals surface area contributed by atoms with Gasteiger partial charge >= 0.3 is 34.5 Å². The molecule has 0 amide bonds. The second-order valence-corrected chi connectivity index (χ2v) is 99.1. The summed E-state index contributed by atoms with van der Waals surface area (Å²) >= 11 is 6.68. The Morgan fingerprint density at radius 1 is 0.536 bits per heavy atom. The topological polar surface area (TPSA) is 55.8 Å². The summed E-state index contributed by atoms with van der Waals surface area (Å²) in [6.45, 7) is 107. The normalized spacial score (nSPS) is 14.7. The van der Waals surface area contributed by atoms with Crippen LogP contribution in [0.5, 0.6) is 0 Å². The molecule has 0 saturated carbocycles. The van der Waals surface area contributed by atoms with E-state index in [1.807, 2.05) is 0 Å². The Kier molecular flexibility index (Phi) is 50.9. The van der Waals surface area contributed by atoms with Gasteiger partial charge in [-0.2, -0.15) is 49.0 Å². The van der Waals surface area contributed by atoms with Gasteiger partial charge in [0.25, 0.3) is 0 Å². The maximum atomic E-state index is 12.1. The van der Waals surface area contributed by atoms with Crippen molar-refractivity contribution in [2.75, 3.05) is 32.8 Å². The predicted molar refractivity (Wildman–Crippen MR) is 410 cm³/mol. The molecule has 512 valence electrons. The molecule has 0 aliphatic carbocycles. The van der Waals surface area contributed by atoms with Crippen molar-refractivity contribution in [3.63, 3.8) is 0 Å². The van der Waals surface area contributed by atoms with Crippen molar-refractivity contribution < 1.29 is 49.1 Å². The van der Waals surface area contributed by atoms with Gasteiger partial charge in [-0.15, -0.1) is 14.2 Å². The molecule has 0 N–H and O–H groups in total. The molecule has 1 heterocycles. The molecule has 1 atom stereocenters. The summed E-state index contributed by atoms with van der Waals surface area (Å²) in [6.07, 6.45) is 4.83. The van der Waals surface area contributed by atoms with E-state index in [1.54, 1.807) is 20.8 Å². The number of hydrogen-bond acceptors (Lipinski definition) is 5. The first kappa shape index (κ1) is 103. The van der Waals surface area contributed by atoms with Crippen LogP contribution >= 0.6 is 35.2 Å². The van der Waals surface area contributed by atoms with Gasteiger partial charge in [-0.25, -0.2) is 0 Å². The van der Waals surface area contributed by atoms with Gasteiger partial charge in [-0.1, -0.05) is 273 Å². The van der Waals surface area contributed by atoms with E-state index in [1.165, 1.54) is 59.7 Å². The molecule has 1 saturated heterocycles. The van der Waals surface area contributed by atoms with E-state index in [9.17, 15) is 21.6 Å². The van der Waals surface area contributed by atoms with Crippen LogP contribution < -0.4 is 18.9 Å². The van der Waals surface area contributed by atoms with Gasteiger partial charge in [0.15, 0.2) is 7.38 Å². The largest absolute Gasteiger partial charge is 1.00 e. The number of unbranched alkanes of at least 4 members (excludes halogenated alkanes) is 1. The summed E-state index contributed by atoms with van der Waals surface area (Å²) in [7, 11) is -15.1. The third-order valence-electron chi connectivity index (χ3n) is 19.9. The molecule has 1 aliphatic rings. The fourth-order valence-corrected chi connectivity index (χ4v) is 132. The first-order chi connectivity index (χ1) is 35.7. The molecular weight excluding hydrogens is 1260 g/mol. The minimum atomic E-state index is -5.48. The van der Waals surface area contributed by atoms with Gasteiger partial charge in [-0.05, 0) is 104 Å². The summed E-state index contributed by atoms with van der Waals surface area (Å²) in [4.78, 5) is 2.38. The van der Waals surface area contributed by atoms with E-state index >= 15 is 0 Å². The maximum absolute atomic E-state index is 12.1. The summed E-state index contributed by atoms with van der Waals surface area (Å²) in [6, 6.07) is 0. The smallest absolute Gasteiger partial charge is 0.381 e. The number of halogens is 4. The van der Waals surface area contributed by atoms with Crippen LogP contribution in [0.15, 0.2) is 0 Å². The summed E-state index contributed by atoms with van der Waals surface area (Å²) in [5, 5.41) is 1.50. The van der Waals surface area contributed by atoms with Crippen molar-refractivity contribution in [2.45, 2.75) is 370 Å². The van der Waals surface area contributed by atoms with E-state index in [4.69, 9.17) is 15.8 Å². The molecule has 0 aromatic carbocycles. The number of alkyl halides is 3. The van der Waals surface area contributed by atoms with Gasteiger partial charge in [0, 0.05) is 13.2 Å². The Labute approximate surface area is 558 Å². The summed E-state index contributed by atoms with van der Waals surface area (Å²) in [5.41, 5.74) is -0.620. The Balaban J connectivity index is -0.000000143. The SMILES string of the molecule is C1CCOC1.CC(C)(C)[Si](C)(C)OS(=O)(=O)C(F)(F)F.CC(C)(C)[Si](C)(C)P[Si](C)(C)C(C)(C)C.CC(C)[Si](C(C)C)(C(C)C)P([Si](C)(C)C(C)(C)C)[Si](C)(C)C(C)(C)C.CC(C)[Si](Cl)(C(C)C)C(C)C.CCN(CC)CC.P.[CH2-]CCC.[Li+]. The Morgan fingerprint density at radius 3 is 0.893 bits per heavy atom. The molecule has 0 radical (unpaired) electrons. The Morgan fingerprint density at radius 2 is 0.786 bits per heavy atom. The first-order valence-electron chi connectivity index (χ1n) is 32.1. The number of rotatable bonds is 17. The molecule has 0 aromatic rings. The number of nitrogens with zero attached hydrogens (tertiary/aromatic N) is 1. The van der Waals surface area contributed by atoms with Crippen molar-refractivity contribution in [1.82, 2.24) is 4.90 Å². The minimum absolute atomic E-state index is 0. The molecule has 5 nitrogen and oxygen atoms in total. The van der Waals surface area contributed by atoms with E-state index in [0.717, 1.165) is 36.3 Å². The molecular formula is C63H153ClF3LiNO4P3SSi7. The van der Waals surface area contributed by atoms with Gasteiger partial charge in [0.2, 0.25) is 8.32 Å². The van der Waals surface area contributed by atoms with Crippen molar-refractivity contribution in [3.05, 3.63) is 6.92 Å². The Hall–Kier alpha value is 3.32. The zero-order valence-electron chi connectivity index (χ0n) is 64.7. The Bertz CT molecular complexity index is 1700. The zero-order valence-corrected chi connectivity index (χ0v) is 76.6. The fraction of sp³-hybridized carbons (Fsp3) is 0.984. The molecule has 84 heavy (non-hydrogen) atoms. The average Bonchev–Trinajstić information content (AvgIpc) is 3.84. The quantitative estimate of drug-likeness (QED) is 0.0478. The van der Waals surface area contributed by atoms with Gasteiger partial charge in [-0.3, -0.25) is 0 Å². The van der Waals surface area contributed by atoms with Crippen LogP contribution in [0.1, 0.15) is 240 Å². The average molecular weight is 1410 g/mol. The molecule has 1 rings (SSSR count). The van der Waals surface area contributed by atoms with E-state index in [0.29, 0.717) is 36.8 Å². The zero-order chi connectivity index (χ0) is 68.1. The third kappa shape index (κ3) is 33.1. The summed E-state index contributed by atoms with van der Waals surface area (Å²) in [5.74, 6) is 0. The predicted octanol–water partition coefficient (Wildman–Crippen LogP) is 23.4. The monoisotopic (exact) mass is 1410 g/mol. The second kappa shape index (κ2) is 41.3. The molecule has 21 heteroatoms. The minimum Gasteiger partial charge on any atom is -0.381 e. The van der Waals surface area contributed by atoms with Gasteiger partial charge in [0.1, 0.15) is 0 Å². The van der Waals surface area contributed by atoms with Gasteiger partial charge in [0.05, 0.1) is 38.7 Å². The first-order valence-corrected chi connectivity index (χ1v) is 60.8. The van der Waals surface area contributed by atoms with Crippen LogP contribution in [0.3, 0.4) is 0 Å². The fourth-order valence-electron chi connectivity index (χ4n) is 9.90. The van der Waals surface area contributed by atoms with Crippen molar-refractivity contribution in [2.24, 2.45) is 0 Å². The standard InChI is InChI=1S/C21H51PSi3.C12H31PSi2.C9H21ClSi.C7H15F3O3SSi.C6H15N.C4H8O.C4H9.Li.H3P/c1-17(2)25(18(3)4,19(5)6)22(23(13,14)20(7,8)9)24(15,16)21(10,11)12;1-11(2,3)14(7,8)13-15(9,10)12(4,5)6;1-7(2)11(10,8(3)4)9(5)6;1-6(2,3)15(4,5)13-14(11,12)7(8,9)10;1-4-7(5-2)6-3;1-2-4-5-3-1;1-3-4-2;;/h17-19H,1-16H3;13H,1-10H3;7-9H,1-6H3;1-5H3;4-6H2,1-3H3;1-4H2;1,3-4H2,2H3;;1H3/q;;;;;;-1;+1;. The summed E-state index contributed by atoms with van der Waals surface area (Å²) < 4.78 is 67.1. The second-order valence-electron chi connectivity index (χ2n) is 33.0. The van der Waals surface area contributed by atoms with E-state index in [-0.39, 0.29) is 35.3 Å². The van der Waals surface area contributed by atoms with Crippen LogP contribution in [-0.2, 0) is 18.7 Å².